The van der Waals surface area contributed by atoms with E-state index in [9.17, 15) is 4.79 Å². The molecule has 33 heavy (non-hydrogen) atoms. The molecule has 1 aliphatic heterocycles. The van der Waals surface area contributed by atoms with Crippen LogP contribution in [-0.2, 0) is 11.3 Å². The Morgan fingerprint density at radius 2 is 1.79 bits per heavy atom. The van der Waals surface area contributed by atoms with Gasteiger partial charge in [0.25, 0.3) is 0 Å². The molecule has 1 aliphatic rings. The van der Waals surface area contributed by atoms with Crippen LogP contribution in [0.5, 0.6) is 5.75 Å². The smallest absolute Gasteiger partial charge is 0.220 e. The van der Waals surface area contributed by atoms with Crippen LogP contribution in [0.1, 0.15) is 35.8 Å². The number of rotatable bonds is 8. The quantitative estimate of drug-likeness (QED) is 0.562. The first-order valence-electron chi connectivity index (χ1n) is 11.2. The molecule has 1 fully saturated rings. The van der Waals surface area contributed by atoms with Crippen molar-refractivity contribution in [3.05, 3.63) is 65.5 Å². The summed E-state index contributed by atoms with van der Waals surface area (Å²) in [4.78, 5) is 16.1. The number of benzene rings is 2. The average Bonchev–Trinajstić information content (AvgIpc) is 3.28. The fraction of sp³-hybridized carbons (Fsp3) is 0.417. The monoisotopic (exact) mass is 449 g/mol. The third kappa shape index (κ3) is 5.14. The first-order valence-corrected chi connectivity index (χ1v) is 11.2. The molecule has 2 heterocycles. The number of aromatic nitrogens is 4. The lowest BCUT2D eigenvalue weighted by atomic mass is 9.93. The summed E-state index contributed by atoms with van der Waals surface area (Å²) in [5.41, 5.74) is 8.89. The maximum absolute atomic E-state index is 11.7. The molecule has 1 aromatic heterocycles. The van der Waals surface area contributed by atoms with Gasteiger partial charge in [0, 0.05) is 25.7 Å². The van der Waals surface area contributed by atoms with Gasteiger partial charge in [-0.25, -0.2) is 4.68 Å². The maximum Gasteiger partial charge on any atom is 0.220 e. The normalized spacial score (nSPS) is 15.8. The predicted octanol–water partition coefficient (Wildman–Crippen LogP) is 2.08. The van der Waals surface area contributed by atoms with Gasteiger partial charge < -0.3 is 15.4 Å². The summed E-state index contributed by atoms with van der Waals surface area (Å²) in [6.07, 6.45) is 1.48. The maximum atomic E-state index is 11.7. The Morgan fingerprint density at radius 1 is 1.12 bits per heavy atom. The number of likely N-dealkylation sites (tertiary alicyclic amines) is 1. The Balaban J connectivity index is 1.65. The fourth-order valence-electron chi connectivity index (χ4n) is 4.34. The van der Waals surface area contributed by atoms with Gasteiger partial charge in [-0.15, -0.1) is 5.10 Å². The number of methoxy groups -OCH3 is 1. The predicted molar refractivity (Wildman–Crippen MR) is 126 cm³/mol. The first kappa shape index (κ1) is 22.7. The Morgan fingerprint density at radius 3 is 2.36 bits per heavy atom. The molecule has 0 bridgehead atoms. The van der Waals surface area contributed by atoms with Gasteiger partial charge in [0.05, 0.1) is 19.7 Å². The van der Waals surface area contributed by atoms with Gasteiger partial charge in [0.1, 0.15) is 5.75 Å². The van der Waals surface area contributed by atoms with Crippen molar-refractivity contribution in [2.45, 2.75) is 25.4 Å². The van der Waals surface area contributed by atoms with Crippen molar-refractivity contribution in [2.24, 2.45) is 11.7 Å². The van der Waals surface area contributed by atoms with Crippen LogP contribution in [-0.4, -0.2) is 65.3 Å². The van der Waals surface area contributed by atoms with E-state index in [0.29, 0.717) is 6.54 Å². The zero-order chi connectivity index (χ0) is 23.4. The Labute approximate surface area is 194 Å². The van der Waals surface area contributed by atoms with Crippen LogP contribution in [0.15, 0.2) is 48.5 Å². The molecule has 1 atom stereocenters. The minimum atomic E-state index is -0.217. The third-order valence-corrected chi connectivity index (χ3v) is 6.32. The number of nitrogens with zero attached hydrogens (tertiary/aromatic N) is 6. The number of hydrogen-bond donors (Lipinski definition) is 1. The minimum Gasteiger partial charge on any atom is -0.497 e. The molecule has 3 aromatic rings. The number of piperidine rings is 1. The minimum absolute atomic E-state index is 0.0756. The Hall–Kier alpha value is -3.46. The van der Waals surface area contributed by atoms with Gasteiger partial charge >= 0.3 is 0 Å². The standard InChI is InChI=1S/C24H31N7O2/c1-29(2)20-8-6-18(7-9-20)22(30-14-12-19(13-15-30)23(25)32)24-26-27-28-31(24)16-17-4-10-21(33-3)11-5-17/h4-11,19,22H,12-16H2,1-3H3,(H2,25,32)/t22-/m1/s1. The van der Waals surface area contributed by atoms with Crippen molar-refractivity contribution in [3.8, 4) is 5.75 Å². The molecule has 4 rings (SSSR count). The summed E-state index contributed by atoms with van der Waals surface area (Å²) >= 11 is 0. The number of ether oxygens (including phenoxy) is 1. The highest BCUT2D eigenvalue weighted by Gasteiger charge is 2.32. The Bertz CT molecular complexity index is 1060. The van der Waals surface area contributed by atoms with Crippen molar-refractivity contribution in [2.75, 3.05) is 39.2 Å². The van der Waals surface area contributed by atoms with E-state index in [1.807, 2.05) is 43.0 Å². The number of tetrazole rings is 1. The van der Waals surface area contributed by atoms with E-state index in [4.69, 9.17) is 10.5 Å². The molecule has 0 aliphatic carbocycles. The van der Waals surface area contributed by atoms with E-state index in [2.05, 4.69) is 49.6 Å². The number of hydrogen-bond acceptors (Lipinski definition) is 7. The van der Waals surface area contributed by atoms with Crippen molar-refractivity contribution >= 4 is 11.6 Å². The molecule has 0 radical (unpaired) electrons. The summed E-state index contributed by atoms with van der Waals surface area (Å²) in [5.74, 6) is 1.30. The zero-order valence-electron chi connectivity index (χ0n) is 19.4. The summed E-state index contributed by atoms with van der Waals surface area (Å²) in [7, 11) is 5.70. The van der Waals surface area contributed by atoms with E-state index >= 15 is 0 Å². The SMILES string of the molecule is COc1ccc(Cn2nnnc2[C@@H](c2ccc(N(C)C)cc2)N2CCC(C(N)=O)CC2)cc1. The van der Waals surface area contributed by atoms with E-state index in [1.165, 1.54) is 0 Å². The molecule has 0 spiro atoms. The number of carbonyl (C=O) groups is 1. The zero-order valence-corrected chi connectivity index (χ0v) is 19.4. The van der Waals surface area contributed by atoms with Crippen LogP contribution in [0.4, 0.5) is 5.69 Å². The molecule has 9 heteroatoms. The van der Waals surface area contributed by atoms with Crippen LogP contribution in [0.25, 0.3) is 0 Å². The first-order chi connectivity index (χ1) is 16.0. The van der Waals surface area contributed by atoms with Crippen molar-refractivity contribution in [3.63, 3.8) is 0 Å². The van der Waals surface area contributed by atoms with Crippen molar-refractivity contribution in [1.29, 1.82) is 0 Å². The number of amides is 1. The van der Waals surface area contributed by atoms with Crippen LogP contribution < -0.4 is 15.4 Å². The molecule has 2 N–H and O–H groups in total. The van der Waals surface area contributed by atoms with E-state index in [0.717, 1.165) is 54.3 Å². The number of nitrogens with two attached hydrogens (primary N) is 1. The van der Waals surface area contributed by atoms with Gasteiger partial charge in [-0.05, 0) is 71.8 Å². The van der Waals surface area contributed by atoms with Gasteiger partial charge in [-0.1, -0.05) is 24.3 Å². The van der Waals surface area contributed by atoms with Gasteiger partial charge in [-0.3, -0.25) is 9.69 Å². The summed E-state index contributed by atoms with van der Waals surface area (Å²) in [5, 5.41) is 12.8. The second kappa shape index (κ2) is 9.99. The van der Waals surface area contributed by atoms with Crippen LogP contribution in [0, 0.1) is 5.92 Å². The van der Waals surface area contributed by atoms with E-state index < -0.39 is 0 Å². The molecule has 0 unspecified atom stereocenters. The molecule has 1 amide bonds. The summed E-state index contributed by atoms with van der Waals surface area (Å²) < 4.78 is 7.12. The third-order valence-electron chi connectivity index (χ3n) is 6.32. The average molecular weight is 450 g/mol. The molecule has 2 aromatic carbocycles. The highest BCUT2D eigenvalue weighted by molar-refractivity contribution is 5.76. The lowest BCUT2D eigenvalue weighted by Gasteiger charge is -2.36. The molecule has 9 nitrogen and oxygen atoms in total. The lowest BCUT2D eigenvalue weighted by Crippen LogP contribution is -2.41. The number of primary amides is 1. The lowest BCUT2D eigenvalue weighted by molar-refractivity contribution is -0.123. The van der Waals surface area contributed by atoms with Gasteiger partial charge in [-0.2, -0.15) is 0 Å². The summed E-state index contributed by atoms with van der Waals surface area (Å²) in [6.45, 7) is 2.06. The highest BCUT2D eigenvalue weighted by atomic mass is 16.5. The van der Waals surface area contributed by atoms with Crippen LogP contribution in [0.2, 0.25) is 0 Å². The second-order valence-corrected chi connectivity index (χ2v) is 8.64. The van der Waals surface area contributed by atoms with E-state index in [1.54, 1.807) is 7.11 Å². The molecule has 0 saturated carbocycles. The van der Waals surface area contributed by atoms with Crippen molar-refractivity contribution < 1.29 is 9.53 Å². The topological polar surface area (TPSA) is 102 Å². The molecule has 1 saturated heterocycles. The number of carbonyl (C=O) groups excluding carboxylic acids is 1. The Kier molecular flexibility index (Phi) is 6.88. The second-order valence-electron chi connectivity index (χ2n) is 8.64. The fourth-order valence-corrected chi connectivity index (χ4v) is 4.34. The molecular formula is C24H31N7O2. The highest BCUT2D eigenvalue weighted by Crippen LogP contribution is 2.32. The number of anilines is 1. The largest absolute Gasteiger partial charge is 0.497 e. The molecule has 174 valence electrons. The van der Waals surface area contributed by atoms with Crippen molar-refractivity contribution in [1.82, 2.24) is 25.1 Å². The van der Waals surface area contributed by atoms with Gasteiger partial charge in [0.15, 0.2) is 5.82 Å². The van der Waals surface area contributed by atoms with Crippen LogP contribution >= 0.6 is 0 Å². The molecular weight excluding hydrogens is 418 g/mol. The van der Waals surface area contributed by atoms with Crippen LogP contribution in [0.3, 0.4) is 0 Å². The van der Waals surface area contributed by atoms with Gasteiger partial charge in [0.2, 0.25) is 5.91 Å². The summed E-state index contributed by atoms with van der Waals surface area (Å²) in [6, 6.07) is 16.3. The van der Waals surface area contributed by atoms with E-state index in [-0.39, 0.29) is 17.9 Å².